The third kappa shape index (κ3) is 6.26. The lowest BCUT2D eigenvalue weighted by atomic mass is 9.89. The molecule has 0 aromatic heterocycles. The van der Waals surface area contributed by atoms with Gasteiger partial charge in [-0.25, -0.2) is 0 Å². The summed E-state index contributed by atoms with van der Waals surface area (Å²) in [6.45, 7) is 10.4. The normalized spacial score (nSPS) is 21.5. The Labute approximate surface area is 165 Å². The third-order valence-electron chi connectivity index (χ3n) is 5.77. The van der Waals surface area contributed by atoms with Crippen LogP contribution in [0.25, 0.3) is 0 Å². The standard InChI is InChI=1S/C21H35N3O.ClH/c1-5-21(6-2,24-17(4)18-10-8-7-9-11-18)15-23-20(25)19-12-13-22-16(3)14-19;/h7-11,16-17,19,22,24H,5-6,12-15H2,1-4H3,(H,23,25);1H/t16-,17?,19-;/m0./s1. The Morgan fingerprint density at radius 1 is 1.27 bits per heavy atom. The first kappa shape index (κ1) is 22.9. The monoisotopic (exact) mass is 381 g/mol. The van der Waals surface area contributed by atoms with Crippen LogP contribution in [0.15, 0.2) is 30.3 Å². The second-order valence-corrected chi connectivity index (χ2v) is 7.56. The van der Waals surface area contributed by atoms with Crippen LogP contribution in [0.2, 0.25) is 0 Å². The van der Waals surface area contributed by atoms with Gasteiger partial charge in [0.1, 0.15) is 0 Å². The second kappa shape index (κ2) is 10.9. The van der Waals surface area contributed by atoms with E-state index < -0.39 is 0 Å². The van der Waals surface area contributed by atoms with Crippen LogP contribution in [0.1, 0.15) is 65.0 Å². The minimum absolute atomic E-state index is 0. The molecule has 26 heavy (non-hydrogen) atoms. The fourth-order valence-electron chi connectivity index (χ4n) is 3.81. The number of carbonyl (C=O) groups excluding carboxylic acids is 1. The lowest BCUT2D eigenvalue weighted by Gasteiger charge is -2.37. The molecule has 1 aliphatic heterocycles. The van der Waals surface area contributed by atoms with E-state index in [1.54, 1.807) is 0 Å². The number of rotatable bonds is 8. The van der Waals surface area contributed by atoms with E-state index in [-0.39, 0.29) is 35.8 Å². The zero-order valence-electron chi connectivity index (χ0n) is 16.7. The van der Waals surface area contributed by atoms with E-state index in [0.29, 0.717) is 12.6 Å². The van der Waals surface area contributed by atoms with Crippen LogP contribution in [0.3, 0.4) is 0 Å². The van der Waals surface area contributed by atoms with Gasteiger partial charge in [-0.3, -0.25) is 4.79 Å². The first-order chi connectivity index (χ1) is 12.0. The molecule has 4 nitrogen and oxygen atoms in total. The van der Waals surface area contributed by atoms with Crippen LogP contribution in [-0.2, 0) is 4.79 Å². The van der Waals surface area contributed by atoms with E-state index in [1.807, 2.05) is 6.07 Å². The van der Waals surface area contributed by atoms with Crippen molar-refractivity contribution in [3.63, 3.8) is 0 Å². The maximum Gasteiger partial charge on any atom is 0.223 e. The van der Waals surface area contributed by atoms with E-state index in [4.69, 9.17) is 0 Å². The van der Waals surface area contributed by atoms with Crippen molar-refractivity contribution in [2.45, 2.75) is 71.0 Å². The number of hydrogen-bond acceptors (Lipinski definition) is 3. The molecule has 0 aliphatic carbocycles. The number of amides is 1. The van der Waals surface area contributed by atoms with Crippen molar-refractivity contribution in [2.75, 3.05) is 13.1 Å². The average molecular weight is 382 g/mol. The van der Waals surface area contributed by atoms with Crippen LogP contribution in [0, 0.1) is 5.92 Å². The fraction of sp³-hybridized carbons (Fsp3) is 0.667. The molecule has 5 heteroatoms. The van der Waals surface area contributed by atoms with Crippen LogP contribution in [0.5, 0.6) is 0 Å². The largest absolute Gasteiger partial charge is 0.354 e. The van der Waals surface area contributed by atoms with Crippen molar-refractivity contribution in [1.82, 2.24) is 16.0 Å². The topological polar surface area (TPSA) is 53.2 Å². The lowest BCUT2D eigenvalue weighted by molar-refractivity contribution is -0.126. The second-order valence-electron chi connectivity index (χ2n) is 7.56. The maximum atomic E-state index is 12.6. The van der Waals surface area contributed by atoms with Gasteiger partial charge < -0.3 is 16.0 Å². The van der Waals surface area contributed by atoms with Gasteiger partial charge in [0.15, 0.2) is 0 Å². The Bertz CT molecular complexity index is 533. The maximum absolute atomic E-state index is 12.6. The number of hydrogen-bond donors (Lipinski definition) is 3. The Morgan fingerprint density at radius 2 is 1.92 bits per heavy atom. The summed E-state index contributed by atoms with van der Waals surface area (Å²) in [5.41, 5.74) is 1.22. The van der Waals surface area contributed by atoms with E-state index >= 15 is 0 Å². The molecule has 1 saturated heterocycles. The predicted molar refractivity (Wildman–Crippen MR) is 112 cm³/mol. The Balaban J connectivity index is 0.00000338. The highest BCUT2D eigenvalue weighted by Crippen LogP contribution is 2.22. The highest BCUT2D eigenvalue weighted by atomic mass is 35.5. The molecule has 1 unspecified atom stereocenters. The average Bonchev–Trinajstić information content (AvgIpc) is 2.65. The van der Waals surface area contributed by atoms with Gasteiger partial charge in [0.05, 0.1) is 0 Å². The zero-order chi connectivity index (χ0) is 18.3. The van der Waals surface area contributed by atoms with Gasteiger partial charge in [0.25, 0.3) is 0 Å². The Hall–Kier alpha value is -1.10. The van der Waals surface area contributed by atoms with Crippen molar-refractivity contribution in [1.29, 1.82) is 0 Å². The summed E-state index contributed by atoms with van der Waals surface area (Å²) in [5, 5.41) is 10.4. The fourth-order valence-corrected chi connectivity index (χ4v) is 3.81. The van der Waals surface area contributed by atoms with Crippen LogP contribution < -0.4 is 16.0 Å². The lowest BCUT2D eigenvalue weighted by Crippen LogP contribution is -2.54. The number of nitrogens with one attached hydrogen (secondary N) is 3. The van der Waals surface area contributed by atoms with Gasteiger partial charge >= 0.3 is 0 Å². The molecule has 1 heterocycles. The van der Waals surface area contributed by atoms with Gasteiger partial charge in [0, 0.05) is 30.1 Å². The van der Waals surface area contributed by atoms with Crippen molar-refractivity contribution < 1.29 is 4.79 Å². The molecule has 148 valence electrons. The molecule has 1 fully saturated rings. The number of piperidine rings is 1. The molecule has 0 saturated carbocycles. The van der Waals surface area contributed by atoms with Gasteiger partial charge in [-0.15, -0.1) is 12.4 Å². The summed E-state index contributed by atoms with van der Waals surface area (Å²) in [6, 6.07) is 11.2. The van der Waals surface area contributed by atoms with Crippen LogP contribution in [0.4, 0.5) is 0 Å². The number of halogens is 1. The molecule has 0 bridgehead atoms. The van der Waals surface area contributed by atoms with Crippen LogP contribution >= 0.6 is 12.4 Å². The molecule has 1 amide bonds. The molecule has 2 rings (SSSR count). The quantitative estimate of drug-likeness (QED) is 0.641. The van der Waals surface area contributed by atoms with E-state index in [0.717, 1.165) is 32.2 Å². The number of benzene rings is 1. The van der Waals surface area contributed by atoms with Crippen molar-refractivity contribution in [3.8, 4) is 0 Å². The van der Waals surface area contributed by atoms with Gasteiger partial charge in [0.2, 0.25) is 5.91 Å². The van der Waals surface area contributed by atoms with E-state index in [1.165, 1.54) is 5.56 Å². The summed E-state index contributed by atoms with van der Waals surface area (Å²) >= 11 is 0. The Kier molecular flexibility index (Phi) is 9.62. The first-order valence-corrected chi connectivity index (χ1v) is 9.83. The molecule has 1 aromatic carbocycles. The smallest absolute Gasteiger partial charge is 0.223 e. The molecule has 0 spiro atoms. The van der Waals surface area contributed by atoms with Crippen molar-refractivity contribution in [2.24, 2.45) is 5.92 Å². The van der Waals surface area contributed by atoms with Gasteiger partial charge in [-0.2, -0.15) is 0 Å². The van der Waals surface area contributed by atoms with E-state index in [9.17, 15) is 4.79 Å². The summed E-state index contributed by atoms with van der Waals surface area (Å²) in [4.78, 5) is 12.6. The molecule has 3 N–H and O–H groups in total. The van der Waals surface area contributed by atoms with E-state index in [2.05, 4.69) is 67.9 Å². The molecule has 1 aromatic rings. The minimum Gasteiger partial charge on any atom is -0.354 e. The summed E-state index contributed by atoms with van der Waals surface area (Å²) in [5.74, 6) is 0.364. The van der Waals surface area contributed by atoms with Crippen LogP contribution in [-0.4, -0.2) is 30.6 Å². The minimum atomic E-state index is -0.0660. The first-order valence-electron chi connectivity index (χ1n) is 9.83. The zero-order valence-corrected chi connectivity index (χ0v) is 17.5. The summed E-state index contributed by atoms with van der Waals surface area (Å²) in [6.07, 6.45) is 3.85. The molecule has 0 radical (unpaired) electrons. The molecule has 1 aliphatic rings. The molecular formula is C21H36ClN3O. The van der Waals surface area contributed by atoms with Crippen molar-refractivity contribution >= 4 is 18.3 Å². The third-order valence-corrected chi connectivity index (χ3v) is 5.77. The highest BCUT2D eigenvalue weighted by Gasteiger charge is 2.31. The number of carbonyl (C=O) groups is 1. The summed E-state index contributed by atoms with van der Waals surface area (Å²) < 4.78 is 0. The predicted octanol–water partition coefficient (Wildman–Crippen LogP) is 3.82. The molecular weight excluding hydrogens is 346 g/mol. The SMILES string of the molecule is CCC(CC)(CNC(=O)[C@H]1CCN[C@@H](C)C1)NC(C)c1ccccc1.Cl. The van der Waals surface area contributed by atoms with Gasteiger partial charge in [-0.05, 0) is 51.6 Å². The van der Waals surface area contributed by atoms with Gasteiger partial charge in [-0.1, -0.05) is 44.2 Å². The molecule has 3 atom stereocenters. The Morgan fingerprint density at radius 3 is 2.50 bits per heavy atom. The van der Waals surface area contributed by atoms with Crippen molar-refractivity contribution in [3.05, 3.63) is 35.9 Å². The highest BCUT2D eigenvalue weighted by molar-refractivity contribution is 5.85. The summed E-state index contributed by atoms with van der Waals surface area (Å²) in [7, 11) is 0.